The van der Waals surface area contributed by atoms with Crippen LogP contribution in [0.2, 0.25) is 0 Å². The third kappa shape index (κ3) is 2.45. The van der Waals surface area contributed by atoms with Crippen molar-refractivity contribution in [2.24, 2.45) is 0 Å². The maximum Gasteiger partial charge on any atom is 0.266 e. The minimum atomic E-state index is 0.509. The first-order valence-corrected chi connectivity index (χ1v) is 5.56. The van der Waals surface area contributed by atoms with Crippen molar-refractivity contribution in [2.75, 3.05) is 0 Å². The molecule has 16 heavy (non-hydrogen) atoms. The zero-order chi connectivity index (χ0) is 11.4. The van der Waals surface area contributed by atoms with Gasteiger partial charge in [-0.15, -0.1) is 10.2 Å². The zero-order valence-corrected chi connectivity index (χ0v) is 9.60. The normalized spacial score (nSPS) is 10.6. The average Bonchev–Trinajstić information content (AvgIpc) is 2.75. The first kappa shape index (κ1) is 10.8. The van der Waals surface area contributed by atoms with Crippen LogP contribution in [-0.4, -0.2) is 15.2 Å². The number of rotatable bonds is 4. The van der Waals surface area contributed by atoms with Crippen LogP contribution in [0.15, 0.2) is 22.6 Å². The summed E-state index contributed by atoms with van der Waals surface area (Å²) in [6.45, 7) is 4.08. The maximum atomic E-state index is 5.54. The fourth-order valence-corrected chi connectivity index (χ4v) is 1.45. The summed E-state index contributed by atoms with van der Waals surface area (Å²) in [4.78, 5) is 4.34. The third-order valence-corrected chi connectivity index (χ3v) is 2.32. The van der Waals surface area contributed by atoms with Crippen LogP contribution < -0.4 is 0 Å². The van der Waals surface area contributed by atoms with E-state index < -0.39 is 0 Å². The van der Waals surface area contributed by atoms with Gasteiger partial charge in [0.25, 0.3) is 5.89 Å². The van der Waals surface area contributed by atoms with Gasteiger partial charge in [-0.3, -0.25) is 0 Å². The first-order chi connectivity index (χ1) is 7.79. The number of hydrogen-bond acceptors (Lipinski definition) is 4. The summed E-state index contributed by atoms with van der Waals surface area (Å²) in [7, 11) is 0. The second-order valence-corrected chi connectivity index (χ2v) is 3.77. The molecule has 0 amide bonds. The molecule has 0 unspecified atom stereocenters. The summed E-state index contributed by atoms with van der Waals surface area (Å²) < 4.78 is 5.54. The van der Waals surface area contributed by atoms with E-state index >= 15 is 0 Å². The van der Waals surface area contributed by atoms with Gasteiger partial charge in [0.2, 0.25) is 5.89 Å². The number of unbranched alkanes of at least 4 members (excludes halogenated alkanes) is 1. The molecule has 2 aromatic rings. The summed E-state index contributed by atoms with van der Waals surface area (Å²) >= 11 is 0. The van der Waals surface area contributed by atoms with E-state index in [1.807, 2.05) is 25.1 Å². The van der Waals surface area contributed by atoms with Gasteiger partial charge in [0.1, 0.15) is 5.69 Å². The van der Waals surface area contributed by atoms with Crippen LogP contribution in [0.1, 0.15) is 31.4 Å². The summed E-state index contributed by atoms with van der Waals surface area (Å²) in [5.41, 5.74) is 1.70. The van der Waals surface area contributed by atoms with E-state index in [0.29, 0.717) is 11.8 Å². The Morgan fingerprint density at radius 1 is 1.25 bits per heavy atom. The van der Waals surface area contributed by atoms with E-state index in [2.05, 4.69) is 22.1 Å². The number of hydrogen-bond donors (Lipinski definition) is 0. The van der Waals surface area contributed by atoms with Crippen LogP contribution in [-0.2, 0) is 6.42 Å². The maximum absolute atomic E-state index is 5.54. The highest BCUT2D eigenvalue weighted by Gasteiger charge is 2.08. The average molecular weight is 217 g/mol. The van der Waals surface area contributed by atoms with Crippen molar-refractivity contribution in [3.05, 3.63) is 29.8 Å². The lowest BCUT2D eigenvalue weighted by Crippen LogP contribution is -1.85. The van der Waals surface area contributed by atoms with E-state index in [1.54, 1.807) is 0 Å². The molecule has 84 valence electrons. The molecule has 2 rings (SSSR count). The van der Waals surface area contributed by atoms with Gasteiger partial charge in [0, 0.05) is 12.1 Å². The van der Waals surface area contributed by atoms with Crippen LogP contribution >= 0.6 is 0 Å². The summed E-state index contributed by atoms with van der Waals surface area (Å²) in [6, 6.07) is 5.76. The Hall–Kier alpha value is -1.71. The van der Waals surface area contributed by atoms with E-state index in [0.717, 1.165) is 30.7 Å². The van der Waals surface area contributed by atoms with Gasteiger partial charge in [-0.05, 0) is 25.5 Å². The Morgan fingerprint density at radius 3 is 2.88 bits per heavy atom. The fourth-order valence-electron chi connectivity index (χ4n) is 1.45. The number of nitrogens with zero attached hydrogens (tertiary/aromatic N) is 3. The van der Waals surface area contributed by atoms with Crippen LogP contribution in [0, 0.1) is 6.92 Å². The van der Waals surface area contributed by atoms with Crippen molar-refractivity contribution < 1.29 is 4.42 Å². The lowest BCUT2D eigenvalue weighted by Gasteiger charge is -1.95. The molecule has 4 heteroatoms. The summed E-state index contributed by atoms with van der Waals surface area (Å²) in [6.07, 6.45) is 3.04. The minimum Gasteiger partial charge on any atom is -0.419 e. The van der Waals surface area contributed by atoms with Gasteiger partial charge < -0.3 is 4.42 Å². The number of aromatic nitrogens is 3. The van der Waals surface area contributed by atoms with Crippen molar-refractivity contribution in [2.45, 2.75) is 33.1 Å². The van der Waals surface area contributed by atoms with Crippen LogP contribution in [0.4, 0.5) is 0 Å². The Balaban J connectivity index is 2.18. The van der Waals surface area contributed by atoms with E-state index in [4.69, 9.17) is 4.42 Å². The van der Waals surface area contributed by atoms with Gasteiger partial charge in [-0.2, -0.15) is 0 Å². The Labute approximate surface area is 94.7 Å². The first-order valence-electron chi connectivity index (χ1n) is 5.56. The molecule has 0 fully saturated rings. The highest BCUT2D eigenvalue weighted by molar-refractivity contribution is 5.45. The second-order valence-electron chi connectivity index (χ2n) is 3.77. The SMILES string of the molecule is CCCCc1nnc(-c2cccc(C)n2)o1. The van der Waals surface area contributed by atoms with E-state index in [-0.39, 0.29) is 0 Å². The predicted molar refractivity (Wildman–Crippen MR) is 60.9 cm³/mol. The van der Waals surface area contributed by atoms with Gasteiger partial charge in [0.15, 0.2) is 0 Å². The number of pyridine rings is 1. The van der Waals surface area contributed by atoms with Crippen LogP contribution in [0.3, 0.4) is 0 Å². The number of aryl methyl sites for hydroxylation is 2. The second kappa shape index (κ2) is 4.88. The minimum absolute atomic E-state index is 0.509. The highest BCUT2D eigenvalue weighted by atomic mass is 16.4. The molecule has 0 radical (unpaired) electrons. The van der Waals surface area contributed by atoms with Crippen molar-refractivity contribution in [3.8, 4) is 11.6 Å². The van der Waals surface area contributed by atoms with Gasteiger partial charge in [0.05, 0.1) is 0 Å². The largest absolute Gasteiger partial charge is 0.419 e. The highest BCUT2D eigenvalue weighted by Crippen LogP contribution is 2.16. The van der Waals surface area contributed by atoms with Crippen molar-refractivity contribution in [3.63, 3.8) is 0 Å². The quantitative estimate of drug-likeness (QED) is 0.790. The molecule has 0 saturated carbocycles. The molecule has 0 spiro atoms. The van der Waals surface area contributed by atoms with Crippen molar-refractivity contribution in [1.82, 2.24) is 15.2 Å². The molecule has 4 nitrogen and oxygen atoms in total. The molecule has 0 aliphatic carbocycles. The van der Waals surface area contributed by atoms with E-state index in [9.17, 15) is 0 Å². The molecule has 0 bridgehead atoms. The lowest BCUT2D eigenvalue weighted by molar-refractivity contribution is 0.494. The molecule has 0 atom stereocenters. The smallest absolute Gasteiger partial charge is 0.266 e. The van der Waals surface area contributed by atoms with Gasteiger partial charge >= 0.3 is 0 Å². The van der Waals surface area contributed by atoms with Crippen LogP contribution in [0.25, 0.3) is 11.6 Å². The molecular weight excluding hydrogens is 202 g/mol. The predicted octanol–water partition coefficient (Wildman–Crippen LogP) is 2.78. The molecule has 0 N–H and O–H groups in total. The van der Waals surface area contributed by atoms with E-state index in [1.165, 1.54) is 0 Å². The van der Waals surface area contributed by atoms with Gasteiger partial charge in [-0.1, -0.05) is 19.4 Å². The summed E-state index contributed by atoms with van der Waals surface area (Å²) in [5.74, 6) is 1.20. The topological polar surface area (TPSA) is 51.8 Å². The Bertz CT molecular complexity index is 465. The monoisotopic (exact) mass is 217 g/mol. The van der Waals surface area contributed by atoms with Crippen molar-refractivity contribution in [1.29, 1.82) is 0 Å². The molecule has 0 aromatic carbocycles. The van der Waals surface area contributed by atoms with Crippen LogP contribution in [0.5, 0.6) is 0 Å². The third-order valence-electron chi connectivity index (χ3n) is 2.32. The fraction of sp³-hybridized carbons (Fsp3) is 0.417. The Morgan fingerprint density at radius 2 is 2.12 bits per heavy atom. The molecular formula is C12H15N3O. The summed E-state index contributed by atoms with van der Waals surface area (Å²) in [5, 5.41) is 8.00. The molecule has 2 heterocycles. The standard InChI is InChI=1S/C12H15N3O/c1-3-4-8-11-14-15-12(16-11)10-7-5-6-9(2)13-10/h5-7H,3-4,8H2,1-2H3. The van der Waals surface area contributed by atoms with Crippen molar-refractivity contribution >= 4 is 0 Å². The Kier molecular flexibility index (Phi) is 3.29. The molecule has 0 saturated heterocycles. The zero-order valence-electron chi connectivity index (χ0n) is 9.60. The molecule has 2 aromatic heterocycles. The molecule has 0 aliphatic heterocycles. The van der Waals surface area contributed by atoms with Gasteiger partial charge in [-0.25, -0.2) is 4.98 Å². The lowest BCUT2D eigenvalue weighted by atomic mass is 10.2. The molecule has 0 aliphatic rings.